The number of aliphatic hydroxyl groups excluding tert-OH is 1. The number of rotatable bonds is 3. The highest BCUT2D eigenvalue weighted by atomic mass is 16.3. The molecule has 1 fully saturated rings. The lowest BCUT2D eigenvalue weighted by molar-refractivity contribution is 0.143. The predicted octanol–water partition coefficient (Wildman–Crippen LogP) is 1.33. The maximum absolute atomic E-state index is 12.3. The van der Waals surface area contributed by atoms with Crippen molar-refractivity contribution in [2.24, 2.45) is 0 Å². The van der Waals surface area contributed by atoms with Crippen molar-refractivity contribution in [2.75, 3.05) is 11.9 Å². The van der Waals surface area contributed by atoms with Gasteiger partial charge in [-0.05, 0) is 40.0 Å². The summed E-state index contributed by atoms with van der Waals surface area (Å²) in [6.07, 6.45) is 6.16. The van der Waals surface area contributed by atoms with Crippen molar-refractivity contribution in [3.8, 4) is 0 Å². The molecule has 2 N–H and O–H groups in total. The molecule has 0 aromatic carbocycles. The van der Waals surface area contributed by atoms with E-state index in [4.69, 9.17) is 0 Å². The van der Waals surface area contributed by atoms with Crippen LogP contribution in [0, 0.1) is 0 Å². The normalized spacial score (nSPS) is 18.2. The van der Waals surface area contributed by atoms with Crippen LogP contribution >= 0.6 is 0 Å². The molecule has 1 aliphatic rings. The van der Waals surface area contributed by atoms with E-state index in [2.05, 4.69) is 10.3 Å². The van der Waals surface area contributed by atoms with Gasteiger partial charge in [0, 0.05) is 17.9 Å². The first-order valence-electron chi connectivity index (χ1n) is 6.35. The summed E-state index contributed by atoms with van der Waals surface area (Å²) in [4.78, 5) is 16.4. The standard InChI is InChI=1S/C13H21N3O2/c1-12(2,3)16-8-7-14-10(11(16)18)15-13(9-17)5-4-6-13/h7-8,17H,4-6,9H2,1-3H3,(H,14,15). The van der Waals surface area contributed by atoms with Gasteiger partial charge in [0.1, 0.15) is 0 Å². The van der Waals surface area contributed by atoms with Crippen LogP contribution < -0.4 is 10.9 Å². The quantitative estimate of drug-likeness (QED) is 0.850. The van der Waals surface area contributed by atoms with Crippen molar-refractivity contribution in [3.05, 3.63) is 22.7 Å². The number of hydrogen-bond acceptors (Lipinski definition) is 4. The van der Waals surface area contributed by atoms with Crippen LogP contribution in [0.4, 0.5) is 5.82 Å². The van der Waals surface area contributed by atoms with Crippen LogP contribution in [0.2, 0.25) is 0 Å². The first-order valence-corrected chi connectivity index (χ1v) is 6.35. The van der Waals surface area contributed by atoms with Gasteiger partial charge in [0.15, 0.2) is 5.82 Å². The molecule has 5 nitrogen and oxygen atoms in total. The zero-order valence-corrected chi connectivity index (χ0v) is 11.2. The van der Waals surface area contributed by atoms with E-state index in [1.807, 2.05) is 20.8 Å². The number of hydrogen-bond donors (Lipinski definition) is 2. The van der Waals surface area contributed by atoms with Crippen LogP contribution in [0.5, 0.6) is 0 Å². The molecule has 0 unspecified atom stereocenters. The molecule has 18 heavy (non-hydrogen) atoms. The lowest BCUT2D eigenvalue weighted by Crippen LogP contribution is -2.50. The van der Waals surface area contributed by atoms with Crippen molar-refractivity contribution in [1.82, 2.24) is 9.55 Å². The van der Waals surface area contributed by atoms with Gasteiger partial charge in [-0.2, -0.15) is 0 Å². The lowest BCUT2D eigenvalue weighted by atomic mass is 9.77. The Kier molecular flexibility index (Phi) is 3.19. The Morgan fingerprint density at radius 2 is 2.17 bits per heavy atom. The zero-order valence-electron chi connectivity index (χ0n) is 11.2. The second-order valence-electron chi connectivity index (χ2n) is 6.04. The van der Waals surface area contributed by atoms with Gasteiger partial charge in [-0.3, -0.25) is 4.79 Å². The number of aromatic nitrogens is 2. The molecule has 0 atom stereocenters. The summed E-state index contributed by atoms with van der Waals surface area (Å²) < 4.78 is 1.66. The molecule has 100 valence electrons. The molecular weight excluding hydrogens is 230 g/mol. The van der Waals surface area contributed by atoms with E-state index < -0.39 is 0 Å². The summed E-state index contributed by atoms with van der Waals surface area (Å²) in [5.41, 5.74) is -0.754. The average Bonchev–Trinajstić information content (AvgIpc) is 2.24. The maximum Gasteiger partial charge on any atom is 0.293 e. The van der Waals surface area contributed by atoms with E-state index in [0.29, 0.717) is 5.82 Å². The van der Waals surface area contributed by atoms with Crippen molar-refractivity contribution in [1.29, 1.82) is 0 Å². The first kappa shape index (κ1) is 13.1. The van der Waals surface area contributed by atoms with Crippen LogP contribution in [0.25, 0.3) is 0 Å². The van der Waals surface area contributed by atoms with Gasteiger partial charge in [-0.25, -0.2) is 4.98 Å². The fraction of sp³-hybridized carbons (Fsp3) is 0.692. The van der Waals surface area contributed by atoms with Gasteiger partial charge < -0.3 is 15.0 Å². The number of nitrogens with one attached hydrogen (secondary N) is 1. The Labute approximate surface area is 107 Å². The Bertz CT molecular complexity index is 478. The lowest BCUT2D eigenvalue weighted by Gasteiger charge is -2.41. The van der Waals surface area contributed by atoms with E-state index in [0.717, 1.165) is 19.3 Å². The molecule has 0 saturated heterocycles. The monoisotopic (exact) mass is 251 g/mol. The molecule has 1 heterocycles. The number of nitrogens with zero attached hydrogens (tertiary/aromatic N) is 2. The van der Waals surface area contributed by atoms with Gasteiger partial charge in [0.2, 0.25) is 0 Å². The van der Waals surface area contributed by atoms with Crippen molar-refractivity contribution < 1.29 is 5.11 Å². The molecule has 1 aromatic heterocycles. The molecule has 0 radical (unpaired) electrons. The summed E-state index contributed by atoms with van der Waals surface area (Å²) in [6, 6.07) is 0. The summed E-state index contributed by atoms with van der Waals surface area (Å²) in [5, 5.41) is 12.5. The van der Waals surface area contributed by atoms with Crippen LogP contribution in [-0.4, -0.2) is 26.8 Å². The molecule has 0 spiro atoms. The van der Waals surface area contributed by atoms with E-state index in [1.165, 1.54) is 0 Å². The molecule has 1 saturated carbocycles. The number of anilines is 1. The third-order valence-corrected chi connectivity index (χ3v) is 3.56. The smallest absolute Gasteiger partial charge is 0.293 e. The molecule has 1 aliphatic carbocycles. The van der Waals surface area contributed by atoms with E-state index >= 15 is 0 Å². The van der Waals surface area contributed by atoms with E-state index in [-0.39, 0.29) is 23.2 Å². The SMILES string of the molecule is CC(C)(C)n1ccnc(NC2(CO)CCC2)c1=O. The topological polar surface area (TPSA) is 67.2 Å². The zero-order chi connectivity index (χ0) is 13.4. The molecule has 2 rings (SSSR count). The summed E-state index contributed by atoms with van der Waals surface area (Å²) in [7, 11) is 0. The molecule has 0 amide bonds. The fourth-order valence-corrected chi connectivity index (χ4v) is 2.20. The Morgan fingerprint density at radius 1 is 1.50 bits per heavy atom. The Morgan fingerprint density at radius 3 is 2.61 bits per heavy atom. The second kappa shape index (κ2) is 4.39. The minimum absolute atomic E-state index is 0.0402. The van der Waals surface area contributed by atoms with E-state index in [1.54, 1.807) is 17.0 Å². The third-order valence-electron chi connectivity index (χ3n) is 3.56. The average molecular weight is 251 g/mol. The van der Waals surface area contributed by atoms with Gasteiger partial charge in [-0.1, -0.05) is 0 Å². The molecule has 0 aliphatic heterocycles. The van der Waals surface area contributed by atoms with Crippen LogP contribution in [0.3, 0.4) is 0 Å². The highest BCUT2D eigenvalue weighted by Gasteiger charge is 2.37. The maximum atomic E-state index is 12.3. The molecule has 1 aromatic rings. The molecule has 0 bridgehead atoms. The van der Waals surface area contributed by atoms with Crippen LogP contribution in [0.1, 0.15) is 40.0 Å². The first-order chi connectivity index (χ1) is 8.38. The molecule has 5 heteroatoms. The van der Waals surface area contributed by atoms with Crippen molar-refractivity contribution in [2.45, 2.75) is 51.1 Å². The Balaban J connectivity index is 2.32. The number of aliphatic hydroxyl groups is 1. The van der Waals surface area contributed by atoms with Gasteiger partial charge in [-0.15, -0.1) is 0 Å². The highest BCUT2D eigenvalue weighted by Crippen LogP contribution is 2.33. The minimum atomic E-state index is -0.344. The largest absolute Gasteiger partial charge is 0.394 e. The fourth-order valence-electron chi connectivity index (χ4n) is 2.20. The van der Waals surface area contributed by atoms with Gasteiger partial charge in [0.25, 0.3) is 5.56 Å². The van der Waals surface area contributed by atoms with E-state index in [9.17, 15) is 9.90 Å². The van der Waals surface area contributed by atoms with Crippen molar-refractivity contribution in [3.63, 3.8) is 0 Å². The van der Waals surface area contributed by atoms with Crippen LogP contribution in [0.15, 0.2) is 17.2 Å². The summed E-state index contributed by atoms with van der Waals surface area (Å²) in [6.45, 7) is 5.97. The summed E-state index contributed by atoms with van der Waals surface area (Å²) in [5.74, 6) is 0.334. The van der Waals surface area contributed by atoms with Crippen LogP contribution in [-0.2, 0) is 5.54 Å². The minimum Gasteiger partial charge on any atom is -0.394 e. The summed E-state index contributed by atoms with van der Waals surface area (Å²) >= 11 is 0. The van der Waals surface area contributed by atoms with Gasteiger partial charge in [0.05, 0.1) is 12.1 Å². The second-order valence-corrected chi connectivity index (χ2v) is 6.04. The molecular formula is C13H21N3O2. The highest BCUT2D eigenvalue weighted by molar-refractivity contribution is 5.36. The van der Waals surface area contributed by atoms with Gasteiger partial charge >= 0.3 is 0 Å². The Hall–Kier alpha value is -1.36. The predicted molar refractivity (Wildman–Crippen MR) is 70.8 cm³/mol. The van der Waals surface area contributed by atoms with Crippen molar-refractivity contribution >= 4 is 5.82 Å². The third kappa shape index (κ3) is 2.27.